The van der Waals surface area contributed by atoms with E-state index < -0.39 is 12.1 Å². The molecule has 0 unspecified atom stereocenters. The highest BCUT2D eigenvalue weighted by Crippen LogP contribution is 2.51. The van der Waals surface area contributed by atoms with Crippen LogP contribution in [0.25, 0.3) is 0 Å². The lowest BCUT2D eigenvalue weighted by atomic mass is 10.1. The standard InChI is InChI=1S/C14H17NO4S/c1-8-2-5-20-12(8)9-6-10(9)13(16)15-3-4-19-11(7-15)14(17)18/h2,5,9-11H,3-4,6-7H2,1H3,(H,17,18)/t9-,10-,11-/m1/s1. The number of aliphatic carboxylic acids is 1. The number of aryl methyl sites for hydroxylation is 1. The van der Waals surface area contributed by atoms with Gasteiger partial charge >= 0.3 is 5.97 Å². The number of morpholine rings is 1. The summed E-state index contributed by atoms with van der Waals surface area (Å²) in [4.78, 5) is 26.3. The summed E-state index contributed by atoms with van der Waals surface area (Å²) in [7, 11) is 0. The van der Waals surface area contributed by atoms with Crippen molar-refractivity contribution < 1.29 is 19.4 Å². The fraction of sp³-hybridized carbons (Fsp3) is 0.571. The molecule has 0 spiro atoms. The van der Waals surface area contributed by atoms with Gasteiger partial charge in [0.05, 0.1) is 13.2 Å². The molecule has 0 bridgehead atoms. The van der Waals surface area contributed by atoms with Crippen LogP contribution in [0, 0.1) is 12.8 Å². The van der Waals surface area contributed by atoms with Crippen molar-refractivity contribution >= 4 is 23.2 Å². The summed E-state index contributed by atoms with van der Waals surface area (Å²) < 4.78 is 5.15. The van der Waals surface area contributed by atoms with Crippen LogP contribution in [0.2, 0.25) is 0 Å². The van der Waals surface area contributed by atoms with E-state index >= 15 is 0 Å². The van der Waals surface area contributed by atoms with E-state index in [0.717, 1.165) is 6.42 Å². The molecule has 1 aliphatic heterocycles. The lowest BCUT2D eigenvalue weighted by Crippen LogP contribution is -2.49. The monoisotopic (exact) mass is 295 g/mol. The van der Waals surface area contributed by atoms with Crippen LogP contribution in [-0.4, -0.2) is 47.7 Å². The topological polar surface area (TPSA) is 66.8 Å². The average molecular weight is 295 g/mol. The number of hydrogen-bond acceptors (Lipinski definition) is 4. The molecule has 108 valence electrons. The highest BCUT2D eigenvalue weighted by Gasteiger charge is 2.47. The lowest BCUT2D eigenvalue weighted by Gasteiger charge is -2.31. The van der Waals surface area contributed by atoms with Gasteiger partial charge in [-0.1, -0.05) is 0 Å². The summed E-state index contributed by atoms with van der Waals surface area (Å²) in [6, 6.07) is 2.08. The third-order valence-corrected chi connectivity index (χ3v) is 5.15. The number of nitrogens with zero attached hydrogens (tertiary/aromatic N) is 1. The predicted octanol–water partition coefficient (Wildman–Crippen LogP) is 1.47. The molecule has 1 amide bonds. The van der Waals surface area contributed by atoms with Gasteiger partial charge < -0.3 is 14.7 Å². The van der Waals surface area contributed by atoms with Gasteiger partial charge in [-0.2, -0.15) is 0 Å². The van der Waals surface area contributed by atoms with Crippen molar-refractivity contribution in [2.24, 2.45) is 5.92 Å². The summed E-state index contributed by atoms with van der Waals surface area (Å²) in [5.74, 6) is -0.560. The molecule has 1 aliphatic carbocycles. The average Bonchev–Trinajstić information content (AvgIpc) is 3.12. The molecule has 0 aromatic carbocycles. The predicted molar refractivity (Wildman–Crippen MR) is 73.9 cm³/mol. The van der Waals surface area contributed by atoms with Gasteiger partial charge in [-0.25, -0.2) is 4.79 Å². The first-order chi connectivity index (χ1) is 9.58. The molecule has 1 aromatic heterocycles. The quantitative estimate of drug-likeness (QED) is 0.917. The minimum absolute atomic E-state index is 0.0277. The van der Waals surface area contributed by atoms with Crippen LogP contribution in [0.1, 0.15) is 22.8 Å². The van der Waals surface area contributed by atoms with Gasteiger partial charge in [-0.05, 0) is 30.4 Å². The third kappa shape index (κ3) is 2.45. The second kappa shape index (κ2) is 5.18. The molecule has 2 aliphatic rings. The molecular formula is C14H17NO4S. The van der Waals surface area contributed by atoms with E-state index in [2.05, 4.69) is 18.4 Å². The Morgan fingerprint density at radius 3 is 2.95 bits per heavy atom. The first-order valence-corrected chi connectivity index (χ1v) is 7.63. The van der Waals surface area contributed by atoms with Gasteiger partial charge in [0.2, 0.25) is 5.91 Å². The summed E-state index contributed by atoms with van der Waals surface area (Å²) >= 11 is 1.70. The highest BCUT2D eigenvalue weighted by atomic mass is 32.1. The van der Waals surface area contributed by atoms with Crippen molar-refractivity contribution in [3.05, 3.63) is 21.9 Å². The molecule has 0 radical (unpaired) electrons. The number of carboxylic acids is 1. The fourth-order valence-electron chi connectivity index (χ4n) is 2.76. The highest BCUT2D eigenvalue weighted by molar-refractivity contribution is 7.10. The molecule has 20 heavy (non-hydrogen) atoms. The van der Waals surface area contributed by atoms with Gasteiger partial charge in [0.1, 0.15) is 0 Å². The maximum atomic E-state index is 12.4. The van der Waals surface area contributed by atoms with Crippen molar-refractivity contribution in [2.45, 2.75) is 25.4 Å². The molecule has 1 aromatic rings. The smallest absolute Gasteiger partial charge is 0.334 e. The van der Waals surface area contributed by atoms with Crippen LogP contribution in [0.4, 0.5) is 0 Å². The summed E-state index contributed by atoms with van der Waals surface area (Å²) in [5, 5.41) is 11.0. The number of ether oxygens (including phenoxy) is 1. The van der Waals surface area contributed by atoms with Gasteiger partial charge in [0.25, 0.3) is 0 Å². The number of thiophene rings is 1. The minimum atomic E-state index is -0.996. The second-order valence-corrected chi connectivity index (χ2v) is 6.35. The molecule has 6 heteroatoms. The lowest BCUT2D eigenvalue weighted by molar-refractivity contribution is -0.159. The maximum absolute atomic E-state index is 12.4. The van der Waals surface area contributed by atoms with E-state index in [-0.39, 0.29) is 18.4 Å². The van der Waals surface area contributed by atoms with E-state index in [1.807, 2.05) is 0 Å². The van der Waals surface area contributed by atoms with Gasteiger partial charge in [-0.15, -0.1) is 11.3 Å². The molecule has 1 saturated carbocycles. The second-order valence-electron chi connectivity index (χ2n) is 5.40. The third-order valence-electron chi connectivity index (χ3n) is 4.00. The van der Waals surface area contributed by atoms with E-state index in [1.165, 1.54) is 10.4 Å². The Kier molecular flexibility index (Phi) is 3.52. The molecule has 1 N–H and O–H groups in total. The molecule has 3 rings (SSSR count). The molecule has 2 heterocycles. The number of rotatable bonds is 3. The van der Waals surface area contributed by atoms with Crippen molar-refractivity contribution in [3.63, 3.8) is 0 Å². The van der Waals surface area contributed by atoms with Gasteiger partial charge in [0.15, 0.2) is 6.10 Å². The van der Waals surface area contributed by atoms with E-state index in [1.54, 1.807) is 16.2 Å². The van der Waals surface area contributed by atoms with Crippen molar-refractivity contribution in [3.8, 4) is 0 Å². The zero-order chi connectivity index (χ0) is 14.3. The van der Waals surface area contributed by atoms with Crippen LogP contribution in [0.3, 0.4) is 0 Å². The first kappa shape index (κ1) is 13.6. The number of carbonyl (C=O) groups excluding carboxylic acids is 1. The zero-order valence-corrected chi connectivity index (χ0v) is 12.1. The number of amides is 1. The molecule has 1 saturated heterocycles. The van der Waals surface area contributed by atoms with Crippen LogP contribution < -0.4 is 0 Å². The maximum Gasteiger partial charge on any atom is 0.334 e. The Bertz CT molecular complexity index is 541. The van der Waals surface area contributed by atoms with Crippen molar-refractivity contribution in [1.29, 1.82) is 0 Å². The summed E-state index contributed by atoms with van der Waals surface area (Å²) in [6.45, 7) is 3.04. The van der Waals surface area contributed by atoms with E-state index in [4.69, 9.17) is 9.84 Å². The largest absolute Gasteiger partial charge is 0.479 e. The minimum Gasteiger partial charge on any atom is -0.479 e. The van der Waals surface area contributed by atoms with Gasteiger partial charge in [0, 0.05) is 23.3 Å². The summed E-state index contributed by atoms with van der Waals surface area (Å²) in [5.41, 5.74) is 1.25. The van der Waals surface area contributed by atoms with Crippen LogP contribution >= 0.6 is 11.3 Å². The van der Waals surface area contributed by atoms with E-state index in [0.29, 0.717) is 19.1 Å². The van der Waals surface area contributed by atoms with Crippen LogP contribution in [0.5, 0.6) is 0 Å². The van der Waals surface area contributed by atoms with E-state index in [9.17, 15) is 9.59 Å². The van der Waals surface area contributed by atoms with Gasteiger partial charge in [-0.3, -0.25) is 4.79 Å². The first-order valence-electron chi connectivity index (χ1n) is 6.75. The molecule has 5 nitrogen and oxygen atoms in total. The van der Waals surface area contributed by atoms with Crippen LogP contribution in [-0.2, 0) is 14.3 Å². The molecule has 3 atom stereocenters. The van der Waals surface area contributed by atoms with Crippen molar-refractivity contribution in [1.82, 2.24) is 4.90 Å². The number of carboxylic acid groups (broad SMARTS) is 1. The molecule has 2 fully saturated rings. The Balaban J connectivity index is 1.63. The Morgan fingerprint density at radius 1 is 1.50 bits per heavy atom. The SMILES string of the molecule is Cc1ccsc1[C@@H]1C[C@H]1C(=O)N1CCO[C@@H](C(=O)O)C1. The normalized spacial score (nSPS) is 29.2. The van der Waals surface area contributed by atoms with Crippen LogP contribution in [0.15, 0.2) is 11.4 Å². The fourth-order valence-corrected chi connectivity index (χ4v) is 3.86. The van der Waals surface area contributed by atoms with Crippen molar-refractivity contribution in [2.75, 3.05) is 19.7 Å². The summed E-state index contributed by atoms with van der Waals surface area (Å²) in [6.07, 6.45) is 0.00307. The Hall–Kier alpha value is -1.40. The zero-order valence-electron chi connectivity index (χ0n) is 11.2. The number of carbonyl (C=O) groups is 2. The number of hydrogen-bond donors (Lipinski definition) is 1. The Morgan fingerprint density at radius 2 is 2.30 bits per heavy atom. The molecular weight excluding hydrogens is 278 g/mol. The Labute approximate surface area is 121 Å².